The number of hydrogen-bond acceptors (Lipinski definition) is 2. The number of furan rings is 2. The zero-order chi connectivity index (χ0) is 56.1. The molecule has 0 bridgehead atoms. The van der Waals surface area contributed by atoms with Crippen LogP contribution in [-0.4, -0.2) is 0 Å². The summed E-state index contributed by atoms with van der Waals surface area (Å²) in [6.45, 7) is 0. The summed E-state index contributed by atoms with van der Waals surface area (Å²) in [6.07, 6.45) is 0. The highest BCUT2D eigenvalue weighted by molar-refractivity contribution is 6.28. The Morgan fingerprint density at radius 2 is 0.535 bits per heavy atom. The van der Waals surface area contributed by atoms with Crippen molar-refractivity contribution in [2.75, 3.05) is 0 Å². The van der Waals surface area contributed by atoms with Gasteiger partial charge in [-0.1, -0.05) is 237 Å². The molecule has 0 unspecified atom stereocenters. The topological polar surface area (TPSA) is 26.3 Å². The normalized spacial score (nSPS) is 12.2. The van der Waals surface area contributed by atoms with Gasteiger partial charge in [-0.25, -0.2) is 0 Å². The van der Waals surface area contributed by atoms with Crippen molar-refractivity contribution in [3.05, 3.63) is 291 Å². The van der Waals surface area contributed by atoms with Gasteiger partial charge in [0.25, 0.3) is 0 Å². The summed E-state index contributed by atoms with van der Waals surface area (Å²) in [5.74, 6) is 0. The molecule has 0 saturated carbocycles. The van der Waals surface area contributed by atoms with E-state index in [4.69, 9.17) is 8.83 Å². The summed E-state index contributed by atoms with van der Waals surface area (Å²) in [4.78, 5) is 0. The van der Waals surface area contributed by atoms with Crippen molar-refractivity contribution in [2.45, 2.75) is 0 Å². The molecule has 0 fully saturated rings. The van der Waals surface area contributed by atoms with Crippen LogP contribution < -0.4 is 0 Å². The molecule has 2 nitrogen and oxygen atoms in total. The molecule has 2 heteroatoms. The van der Waals surface area contributed by atoms with Crippen LogP contribution in [0.2, 0.25) is 0 Å². The molecule has 86 heavy (non-hydrogen) atoms. The maximum atomic E-state index is 6.90. The second-order valence-electron chi connectivity index (χ2n) is 23.3. The second-order valence-corrected chi connectivity index (χ2v) is 23.3. The average Bonchev–Trinajstić information content (AvgIpc) is 2.08. The molecule has 2 aromatic heterocycles. The van der Waals surface area contributed by atoms with E-state index in [0.717, 1.165) is 49.6 Å². The van der Waals surface area contributed by atoms with E-state index in [1.54, 1.807) is 0 Å². The molecule has 19 aromatic rings. The zero-order valence-electron chi connectivity index (χ0n) is 46.5. The fourth-order valence-corrected chi connectivity index (χ4v) is 15.1. The lowest BCUT2D eigenvalue weighted by Crippen LogP contribution is -1.92. The van der Waals surface area contributed by atoms with Gasteiger partial charge in [0.05, 0.1) is 0 Å². The molecule has 396 valence electrons. The largest absolute Gasteiger partial charge is 0.456 e. The van der Waals surface area contributed by atoms with E-state index >= 15 is 0 Å². The fraction of sp³-hybridized carbons (Fsp3) is 0. The molecule has 0 aliphatic rings. The Morgan fingerprint density at radius 3 is 1.10 bits per heavy atom. The van der Waals surface area contributed by atoms with Crippen LogP contribution in [-0.2, 0) is 0 Å². The Kier molecular flexibility index (Phi) is 9.93. The summed E-state index contributed by atoms with van der Waals surface area (Å²) in [5.41, 5.74) is 15.6. The van der Waals surface area contributed by atoms with Crippen molar-refractivity contribution in [1.82, 2.24) is 0 Å². The van der Waals surface area contributed by atoms with Crippen LogP contribution in [0.5, 0.6) is 0 Å². The van der Waals surface area contributed by atoms with Crippen molar-refractivity contribution in [2.24, 2.45) is 0 Å². The molecular formula is C84H48O2. The third-order valence-electron chi connectivity index (χ3n) is 18.8. The standard InChI is InChI=1S/C84H48O2/c1-4-19-59-49(16-1)38-42-75-83(59)72-39-36-55(47-77(72)85-75)80-66-24-9-7-22-64(66)79(65-23-8-10-25-67(65)80)54-35-33-50-44-53(34-32-51(50)45-54)58-30-15-31-63-62(58)41-43-76-84(63)73-40-37-56(48-78(73)86-76)81-68-26-11-13-28-70(68)82(71-29-14-12-27-69(71)81)74-46-52-17-2-3-18-57(52)60-20-5-6-21-61(60)74/h1-48H. The minimum atomic E-state index is 0.878. The first kappa shape index (κ1) is 47.2. The minimum absolute atomic E-state index is 0.878. The van der Waals surface area contributed by atoms with Gasteiger partial charge in [-0.05, 0) is 207 Å². The van der Waals surface area contributed by atoms with Crippen LogP contribution in [0.1, 0.15) is 0 Å². The number of hydrogen-bond donors (Lipinski definition) is 0. The maximum absolute atomic E-state index is 6.90. The highest BCUT2D eigenvalue weighted by Gasteiger charge is 2.23. The smallest absolute Gasteiger partial charge is 0.136 e. The van der Waals surface area contributed by atoms with Gasteiger partial charge in [0.1, 0.15) is 22.3 Å². The molecule has 0 aliphatic carbocycles. The molecule has 0 N–H and O–H groups in total. The van der Waals surface area contributed by atoms with E-state index in [2.05, 4.69) is 291 Å². The van der Waals surface area contributed by atoms with Crippen molar-refractivity contribution in [1.29, 1.82) is 0 Å². The average molecular weight is 1090 g/mol. The molecule has 17 aromatic carbocycles. The Hall–Kier alpha value is -11.3. The molecule has 2 heterocycles. The third-order valence-corrected chi connectivity index (χ3v) is 18.8. The van der Waals surface area contributed by atoms with Crippen LogP contribution in [0, 0.1) is 0 Å². The van der Waals surface area contributed by atoms with Gasteiger partial charge in [0.15, 0.2) is 0 Å². The van der Waals surface area contributed by atoms with E-state index < -0.39 is 0 Å². The van der Waals surface area contributed by atoms with E-state index in [-0.39, 0.29) is 0 Å². The lowest BCUT2D eigenvalue weighted by Gasteiger charge is -2.19. The molecule has 0 amide bonds. The molecule has 0 aliphatic heterocycles. The van der Waals surface area contributed by atoms with Crippen molar-refractivity contribution in [3.8, 4) is 55.6 Å². The second kappa shape index (κ2) is 18.1. The van der Waals surface area contributed by atoms with Crippen LogP contribution >= 0.6 is 0 Å². The van der Waals surface area contributed by atoms with Gasteiger partial charge in [-0.3, -0.25) is 0 Å². The van der Waals surface area contributed by atoms with Crippen LogP contribution in [0.4, 0.5) is 0 Å². The Labute approximate surface area is 493 Å². The maximum Gasteiger partial charge on any atom is 0.136 e. The van der Waals surface area contributed by atoms with Crippen LogP contribution in [0.15, 0.2) is 300 Å². The van der Waals surface area contributed by atoms with E-state index in [0.29, 0.717) is 0 Å². The fourth-order valence-electron chi connectivity index (χ4n) is 15.1. The van der Waals surface area contributed by atoms with E-state index in [9.17, 15) is 0 Å². The minimum Gasteiger partial charge on any atom is -0.456 e. The van der Waals surface area contributed by atoms with Gasteiger partial charge < -0.3 is 8.83 Å². The monoisotopic (exact) mass is 1090 g/mol. The van der Waals surface area contributed by atoms with Crippen molar-refractivity contribution in [3.63, 3.8) is 0 Å². The van der Waals surface area contributed by atoms with Gasteiger partial charge in [0, 0.05) is 21.5 Å². The Bertz CT molecular complexity index is 6040. The third kappa shape index (κ3) is 6.84. The first-order valence-corrected chi connectivity index (χ1v) is 29.7. The first-order chi connectivity index (χ1) is 42.6. The quantitative estimate of drug-likeness (QED) is 0.127. The van der Waals surface area contributed by atoms with Gasteiger partial charge >= 0.3 is 0 Å². The zero-order valence-corrected chi connectivity index (χ0v) is 46.5. The van der Waals surface area contributed by atoms with E-state index in [1.807, 2.05) is 0 Å². The molecule has 0 spiro atoms. The highest BCUT2D eigenvalue weighted by atomic mass is 16.3. The van der Waals surface area contributed by atoms with Crippen molar-refractivity contribution >= 4 is 141 Å². The van der Waals surface area contributed by atoms with Gasteiger partial charge in [-0.15, -0.1) is 0 Å². The summed E-state index contributed by atoms with van der Waals surface area (Å²) in [5, 5.41) is 26.6. The van der Waals surface area contributed by atoms with Gasteiger partial charge in [-0.2, -0.15) is 0 Å². The summed E-state index contributed by atoms with van der Waals surface area (Å²) in [7, 11) is 0. The van der Waals surface area contributed by atoms with Crippen molar-refractivity contribution < 1.29 is 8.83 Å². The Balaban J connectivity index is 0.706. The number of fused-ring (bicyclic) bond motifs is 18. The molecule has 0 radical (unpaired) electrons. The molecule has 0 saturated heterocycles. The number of benzene rings is 17. The first-order valence-electron chi connectivity index (χ1n) is 29.7. The molecule has 0 atom stereocenters. The van der Waals surface area contributed by atoms with Crippen LogP contribution in [0.3, 0.4) is 0 Å². The summed E-state index contributed by atoms with van der Waals surface area (Å²) in [6, 6.07) is 107. The predicted molar refractivity (Wildman–Crippen MR) is 366 cm³/mol. The number of rotatable bonds is 5. The summed E-state index contributed by atoms with van der Waals surface area (Å²) >= 11 is 0. The SMILES string of the molecule is c1ccc2c(c1)cc(-c1c3ccccc3c(-c3ccc4c(c3)oc3ccc5c(-c6ccc7cc(-c8c9ccccc9c(-c9ccc%10c(c9)oc9ccc%11ccccc%11c9%10)c9ccccc89)ccc7c6)cccc5c34)c3ccccc13)c1ccccc12. The summed E-state index contributed by atoms with van der Waals surface area (Å²) < 4.78 is 13.5. The van der Waals surface area contributed by atoms with Crippen LogP contribution in [0.25, 0.3) is 196 Å². The molecular weight excluding hydrogens is 1040 g/mol. The molecule has 19 rings (SSSR count). The lowest BCUT2D eigenvalue weighted by molar-refractivity contribution is 0.669. The Morgan fingerprint density at radius 1 is 0.163 bits per heavy atom. The van der Waals surface area contributed by atoms with E-state index in [1.165, 1.54) is 147 Å². The predicted octanol–water partition coefficient (Wildman–Crippen LogP) is 24.2. The van der Waals surface area contributed by atoms with Gasteiger partial charge in [0.2, 0.25) is 0 Å². The highest BCUT2D eigenvalue weighted by Crippen LogP contribution is 2.50. The lowest BCUT2D eigenvalue weighted by atomic mass is 9.83.